The van der Waals surface area contributed by atoms with Crippen LogP contribution in [0.25, 0.3) is 10.9 Å². The number of fused-ring (bicyclic) bond motifs is 1. The highest BCUT2D eigenvalue weighted by Crippen LogP contribution is 2.24. The molecular weight excluding hydrogens is 318 g/mol. The van der Waals surface area contributed by atoms with E-state index in [-0.39, 0.29) is 16.1 Å². The number of aromatic nitrogens is 1. The van der Waals surface area contributed by atoms with Crippen molar-refractivity contribution in [2.45, 2.75) is 25.5 Å². The number of rotatable bonds is 2. The van der Waals surface area contributed by atoms with Gasteiger partial charge in [0.25, 0.3) is 0 Å². The molecule has 7 heteroatoms. The summed E-state index contributed by atoms with van der Waals surface area (Å²) < 4.78 is 42.1. The lowest BCUT2D eigenvalue weighted by atomic mass is 10.1. The average molecular weight is 331 g/mol. The number of hydrogen-bond acceptors (Lipinski definition) is 3. The summed E-state index contributed by atoms with van der Waals surface area (Å²) in [6.45, 7) is 5.34. The third-order valence-electron chi connectivity index (χ3n) is 2.64. The number of pyridine rings is 1. The van der Waals surface area contributed by atoms with Crippen molar-refractivity contribution in [3.8, 4) is 0 Å². The van der Waals surface area contributed by atoms with Gasteiger partial charge in [-0.2, -0.15) is 0 Å². The first-order valence-electron chi connectivity index (χ1n) is 6.10. The Bertz CT molecular complexity index is 716. The first kappa shape index (κ1) is 16.1. The number of benzene rings is 1. The predicted molar refractivity (Wildman–Crippen MR) is 82.2 cm³/mol. The van der Waals surface area contributed by atoms with E-state index in [1.54, 1.807) is 20.8 Å². The third kappa shape index (κ3) is 3.70. The van der Waals surface area contributed by atoms with Gasteiger partial charge >= 0.3 is 0 Å². The van der Waals surface area contributed by atoms with Crippen LogP contribution in [0.5, 0.6) is 0 Å². The monoisotopic (exact) mass is 330 g/mol. The van der Waals surface area contributed by atoms with Crippen molar-refractivity contribution in [2.75, 3.05) is 0 Å². The van der Waals surface area contributed by atoms with Crippen molar-refractivity contribution in [1.82, 2.24) is 4.98 Å². The Balaban J connectivity index is 2.46. The van der Waals surface area contributed by atoms with E-state index in [0.717, 1.165) is 12.1 Å². The molecule has 2 aromatic rings. The molecule has 0 N–H and O–H groups in total. The smallest absolute Gasteiger partial charge is 0.144 e. The van der Waals surface area contributed by atoms with Crippen molar-refractivity contribution < 1.29 is 13.3 Å². The van der Waals surface area contributed by atoms with Crippen LogP contribution >= 0.6 is 11.6 Å². The lowest BCUT2D eigenvalue weighted by Crippen LogP contribution is -2.25. The zero-order valence-corrected chi connectivity index (χ0v) is 13.2. The van der Waals surface area contributed by atoms with Crippen molar-refractivity contribution in [3.05, 3.63) is 40.6 Å². The first-order chi connectivity index (χ1) is 9.68. The van der Waals surface area contributed by atoms with Crippen molar-refractivity contribution >= 4 is 40.1 Å². The molecule has 0 aliphatic heterocycles. The summed E-state index contributed by atoms with van der Waals surface area (Å²) in [5, 5.41) is 0.172. The fourth-order valence-corrected chi connectivity index (χ4v) is 2.27. The number of nitrogens with zero attached hydrogens (tertiary/aromatic N) is 2. The van der Waals surface area contributed by atoms with E-state index in [1.165, 1.54) is 12.3 Å². The Kier molecular flexibility index (Phi) is 4.51. The van der Waals surface area contributed by atoms with Gasteiger partial charge in [-0.15, -0.1) is 0 Å². The molecule has 112 valence electrons. The maximum Gasteiger partial charge on any atom is 0.144 e. The molecule has 1 unspecified atom stereocenters. The second-order valence-electron chi connectivity index (χ2n) is 5.42. The molecule has 0 fully saturated rings. The van der Waals surface area contributed by atoms with Crippen LogP contribution in [-0.2, 0) is 11.4 Å². The number of halogens is 3. The van der Waals surface area contributed by atoms with Crippen LogP contribution in [0, 0.1) is 11.6 Å². The molecule has 0 aliphatic carbocycles. The largest absolute Gasteiger partial charge is 0.591 e. The topological polar surface area (TPSA) is 48.3 Å². The molecule has 0 spiro atoms. The van der Waals surface area contributed by atoms with Gasteiger partial charge in [-0.25, -0.2) is 13.8 Å². The molecule has 1 heterocycles. The van der Waals surface area contributed by atoms with Gasteiger partial charge in [0.2, 0.25) is 0 Å². The molecule has 0 bridgehead atoms. The van der Waals surface area contributed by atoms with Gasteiger partial charge in [-0.05, 0) is 26.8 Å². The summed E-state index contributed by atoms with van der Waals surface area (Å²) >= 11 is 4.50. The highest BCUT2D eigenvalue weighted by Gasteiger charge is 2.26. The van der Waals surface area contributed by atoms with E-state index in [1.807, 2.05) is 0 Å². The van der Waals surface area contributed by atoms with Crippen molar-refractivity contribution in [2.24, 2.45) is 4.40 Å². The van der Waals surface area contributed by atoms with Gasteiger partial charge in [0.05, 0.1) is 11.7 Å². The molecule has 0 amide bonds. The summed E-state index contributed by atoms with van der Waals surface area (Å²) in [4.78, 5) is 3.93. The van der Waals surface area contributed by atoms with E-state index in [2.05, 4.69) is 9.38 Å². The molecule has 0 aliphatic rings. The summed E-state index contributed by atoms with van der Waals surface area (Å²) in [5.74, 6) is -1.46. The molecule has 0 saturated carbocycles. The SMILES string of the molecule is CC(C)(C)[S+]([O-])N=Cc1cc2c(F)cc(F)cc2nc1Cl. The lowest BCUT2D eigenvalue weighted by Gasteiger charge is -2.17. The Morgan fingerprint density at radius 3 is 2.57 bits per heavy atom. The number of hydrogen-bond donors (Lipinski definition) is 0. The van der Waals surface area contributed by atoms with E-state index in [9.17, 15) is 13.3 Å². The molecule has 1 aromatic heterocycles. The molecular formula is C14H13ClF2N2OS. The fourth-order valence-electron chi connectivity index (χ4n) is 1.55. The molecule has 2 rings (SSSR count). The summed E-state index contributed by atoms with van der Waals surface area (Å²) in [7, 11) is 0. The molecule has 0 saturated heterocycles. The van der Waals surface area contributed by atoms with Gasteiger partial charge in [0, 0.05) is 23.1 Å². The lowest BCUT2D eigenvalue weighted by molar-refractivity contribution is 0.562. The standard InChI is InChI=1S/C14H13ClF2N2OS/c1-14(2,3)21(20)18-7-8-4-10-11(17)5-9(16)6-12(10)19-13(8)15/h4-7H,1-3H3. The van der Waals surface area contributed by atoms with E-state index < -0.39 is 27.7 Å². The summed E-state index contributed by atoms with van der Waals surface area (Å²) in [6.07, 6.45) is 1.29. The molecule has 1 aromatic carbocycles. The Morgan fingerprint density at radius 1 is 1.29 bits per heavy atom. The zero-order chi connectivity index (χ0) is 15.8. The van der Waals surface area contributed by atoms with Crippen LogP contribution in [0.3, 0.4) is 0 Å². The highest BCUT2D eigenvalue weighted by atomic mass is 35.5. The van der Waals surface area contributed by atoms with E-state index in [4.69, 9.17) is 11.6 Å². The first-order valence-corrected chi connectivity index (χ1v) is 7.58. The minimum atomic E-state index is -1.46. The predicted octanol–water partition coefficient (Wildman–Crippen LogP) is 4.05. The zero-order valence-electron chi connectivity index (χ0n) is 11.7. The minimum absolute atomic E-state index is 0.0437. The van der Waals surface area contributed by atoms with E-state index >= 15 is 0 Å². The summed E-state index contributed by atoms with van der Waals surface area (Å²) in [6, 6.07) is 3.27. The quantitative estimate of drug-likeness (QED) is 0.474. The Hall–Kier alpha value is -1.24. The fraction of sp³-hybridized carbons (Fsp3) is 0.286. The summed E-state index contributed by atoms with van der Waals surface area (Å²) in [5.41, 5.74) is 0.443. The van der Waals surface area contributed by atoms with Crippen LogP contribution in [-0.4, -0.2) is 20.5 Å². The van der Waals surface area contributed by atoms with Gasteiger partial charge in [0.1, 0.15) is 32.9 Å². The highest BCUT2D eigenvalue weighted by molar-refractivity contribution is 7.91. The second kappa shape index (κ2) is 5.87. The minimum Gasteiger partial charge on any atom is -0.591 e. The van der Waals surface area contributed by atoms with Crippen LogP contribution in [0.15, 0.2) is 22.6 Å². The van der Waals surface area contributed by atoms with Gasteiger partial charge < -0.3 is 4.55 Å². The van der Waals surface area contributed by atoms with Gasteiger partial charge in [0.15, 0.2) is 0 Å². The maximum absolute atomic E-state index is 13.7. The Labute approximate surface area is 129 Å². The normalized spacial score (nSPS) is 14.0. The van der Waals surface area contributed by atoms with Gasteiger partial charge in [-0.1, -0.05) is 16.0 Å². The third-order valence-corrected chi connectivity index (χ3v) is 4.29. The molecule has 21 heavy (non-hydrogen) atoms. The average Bonchev–Trinajstić information content (AvgIpc) is 2.34. The van der Waals surface area contributed by atoms with Crippen molar-refractivity contribution in [1.29, 1.82) is 0 Å². The van der Waals surface area contributed by atoms with E-state index in [0.29, 0.717) is 5.56 Å². The molecule has 0 radical (unpaired) electrons. The molecule has 1 atom stereocenters. The Morgan fingerprint density at radius 2 is 1.95 bits per heavy atom. The van der Waals surface area contributed by atoms with Crippen molar-refractivity contribution in [3.63, 3.8) is 0 Å². The molecule has 3 nitrogen and oxygen atoms in total. The second-order valence-corrected chi connectivity index (χ2v) is 7.71. The van der Waals surface area contributed by atoms with Gasteiger partial charge in [-0.3, -0.25) is 0 Å². The van der Waals surface area contributed by atoms with Crippen LogP contribution in [0.2, 0.25) is 5.15 Å². The van der Waals surface area contributed by atoms with Crippen LogP contribution in [0.4, 0.5) is 8.78 Å². The van der Waals surface area contributed by atoms with Crippen LogP contribution in [0.1, 0.15) is 26.3 Å². The van der Waals surface area contributed by atoms with Crippen LogP contribution < -0.4 is 0 Å². The maximum atomic E-state index is 13.7.